The van der Waals surface area contributed by atoms with Gasteiger partial charge in [0.1, 0.15) is 0 Å². The first-order valence-electron chi connectivity index (χ1n) is 10.7. The molecule has 1 aromatic carbocycles. The number of carbonyl (C=O) groups excluding carboxylic acids is 1. The summed E-state index contributed by atoms with van der Waals surface area (Å²) in [7, 11) is 0. The molecule has 0 aliphatic heterocycles. The molecule has 30 heavy (non-hydrogen) atoms. The van der Waals surface area contributed by atoms with Crippen molar-refractivity contribution < 1.29 is 9.53 Å². The van der Waals surface area contributed by atoms with Gasteiger partial charge >= 0.3 is 5.97 Å². The molecule has 0 saturated carbocycles. The van der Waals surface area contributed by atoms with E-state index in [9.17, 15) is 9.59 Å². The molecule has 0 spiro atoms. The summed E-state index contributed by atoms with van der Waals surface area (Å²) in [5.41, 5.74) is 1.03. The number of ether oxygens (including phenoxy) is 1. The van der Waals surface area contributed by atoms with Crippen molar-refractivity contribution in [2.45, 2.75) is 65.5 Å². The van der Waals surface area contributed by atoms with Crippen LogP contribution in [0, 0.1) is 18.3 Å². The number of hydrogen-bond acceptors (Lipinski definition) is 5. The maximum absolute atomic E-state index is 12.1. The molecule has 0 saturated heterocycles. The van der Waals surface area contributed by atoms with E-state index in [2.05, 4.69) is 4.98 Å². The molecule has 0 radical (unpaired) electrons. The fraction of sp³-hybridized carbons (Fsp3) is 0.542. The third-order valence-electron chi connectivity index (χ3n) is 5.57. The third kappa shape index (κ3) is 6.73. The summed E-state index contributed by atoms with van der Waals surface area (Å²) in [6.07, 6.45) is 5.83. The predicted octanol–water partition coefficient (Wildman–Crippen LogP) is 5.42. The summed E-state index contributed by atoms with van der Waals surface area (Å²) in [4.78, 5) is 28.4. The van der Waals surface area contributed by atoms with Gasteiger partial charge in [0, 0.05) is 23.2 Å². The minimum absolute atomic E-state index is 0.114. The second-order valence-corrected chi connectivity index (χ2v) is 9.55. The normalized spacial score (nSPS) is 11.7. The van der Waals surface area contributed by atoms with E-state index in [4.69, 9.17) is 4.74 Å². The molecule has 2 aromatic rings. The van der Waals surface area contributed by atoms with Crippen LogP contribution in [0.5, 0.6) is 0 Å². The van der Waals surface area contributed by atoms with Crippen LogP contribution in [-0.4, -0.2) is 27.9 Å². The van der Waals surface area contributed by atoms with Crippen LogP contribution in [0.2, 0.25) is 0 Å². The average molecular weight is 431 g/mol. The smallest absolute Gasteiger partial charge is 0.311 e. The second kappa shape index (κ2) is 11.3. The first-order chi connectivity index (χ1) is 14.2. The summed E-state index contributed by atoms with van der Waals surface area (Å²) in [5.74, 6) is 1.03. The zero-order valence-electron chi connectivity index (χ0n) is 18.8. The van der Waals surface area contributed by atoms with Crippen molar-refractivity contribution in [1.29, 1.82) is 0 Å². The Kier molecular flexibility index (Phi) is 9.15. The van der Waals surface area contributed by atoms with Crippen LogP contribution in [0.15, 0.2) is 46.5 Å². The molecule has 1 heterocycles. The minimum atomic E-state index is -0.438. The fourth-order valence-corrected chi connectivity index (χ4v) is 3.69. The van der Waals surface area contributed by atoms with Gasteiger partial charge in [-0.1, -0.05) is 56.7 Å². The lowest BCUT2D eigenvalue weighted by Gasteiger charge is -2.26. The summed E-state index contributed by atoms with van der Waals surface area (Å²) in [5, 5.41) is 0.724. The lowest BCUT2D eigenvalue weighted by atomic mass is 9.81. The number of aryl methyl sites for hydroxylation is 1. The quantitative estimate of drug-likeness (QED) is 0.206. The zero-order chi connectivity index (χ0) is 22.1. The van der Waals surface area contributed by atoms with Gasteiger partial charge in [-0.05, 0) is 51.7 Å². The number of hydrogen-bond donors (Lipinski definition) is 0. The van der Waals surface area contributed by atoms with Crippen LogP contribution < -0.4 is 5.56 Å². The van der Waals surface area contributed by atoms with Gasteiger partial charge in [-0.2, -0.15) is 4.98 Å². The lowest BCUT2D eigenvalue weighted by Crippen LogP contribution is -2.32. The standard InChI is InChI=1S/C24H34N2O3S/c1-18(2)24(4,5)22(28)29-15-11-6-7-12-16-30-23-25-21(27)19(3)17-26(23)20-13-9-8-10-14-20/h8-10,13-14,17-18H,6-7,11-12,15-16H2,1-5H3. The molecular weight excluding hydrogens is 396 g/mol. The largest absolute Gasteiger partial charge is 0.465 e. The molecule has 0 unspecified atom stereocenters. The molecule has 0 fully saturated rings. The highest BCUT2D eigenvalue weighted by Gasteiger charge is 2.32. The van der Waals surface area contributed by atoms with Crippen LogP contribution in [-0.2, 0) is 9.53 Å². The Hall–Kier alpha value is -2.08. The van der Waals surface area contributed by atoms with Crippen LogP contribution in [0.1, 0.15) is 58.9 Å². The van der Waals surface area contributed by atoms with E-state index in [1.165, 1.54) is 0 Å². The van der Waals surface area contributed by atoms with E-state index in [-0.39, 0.29) is 17.4 Å². The molecule has 0 aliphatic carbocycles. The predicted molar refractivity (Wildman–Crippen MR) is 123 cm³/mol. The average Bonchev–Trinajstić information content (AvgIpc) is 2.72. The van der Waals surface area contributed by atoms with Crippen LogP contribution in [0.4, 0.5) is 0 Å². The Balaban J connectivity index is 1.76. The highest BCUT2D eigenvalue weighted by atomic mass is 32.2. The number of rotatable bonds is 11. The first-order valence-corrected chi connectivity index (χ1v) is 11.7. The van der Waals surface area contributed by atoms with Gasteiger partial charge in [-0.25, -0.2) is 0 Å². The van der Waals surface area contributed by atoms with Gasteiger partial charge < -0.3 is 4.74 Å². The molecular formula is C24H34N2O3S. The number of para-hydroxylation sites is 1. The maximum Gasteiger partial charge on any atom is 0.311 e. The Labute approximate surface area is 184 Å². The van der Waals surface area contributed by atoms with E-state index in [0.717, 1.165) is 42.3 Å². The van der Waals surface area contributed by atoms with E-state index >= 15 is 0 Å². The number of thioether (sulfide) groups is 1. The number of carbonyl (C=O) groups is 1. The van der Waals surface area contributed by atoms with Gasteiger partial charge in [0.25, 0.3) is 5.56 Å². The fourth-order valence-electron chi connectivity index (χ4n) is 2.72. The van der Waals surface area contributed by atoms with Crippen molar-refractivity contribution in [3.8, 4) is 5.69 Å². The molecule has 2 rings (SSSR count). The minimum Gasteiger partial charge on any atom is -0.465 e. The number of benzene rings is 1. The number of esters is 1. The Bertz CT molecular complexity index is 876. The maximum atomic E-state index is 12.1. The van der Waals surface area contributed by atoms with Gasteiger partial charge in [-0.15, -0.1) is 0 Å². The molecule has 6 heteroatoms. The molecule has 5 nitrogen and oxygen atoms in total. The highest BCUT2D eigenvalue weighted by Crippen LogP contribution is 2.27. The molecule has 0 aliphatic rings. The van der Waals surface area contributed by atoms with Gasteiger partial charge in [-0.3, -0.25) is 14.2 Å². The zero-order valence-corrected chi connectivity index (χ0v) is 19.6. The number of nitrogens with zero attached hydrogens (tertiary/aromatic N) is 2. The van der Waals surface area contributed by atoms with Crippen LogP contribution in [0.3, 0.4) is 0 Å². The van der Waals surface area contributed by atoms with E-state index in [0.29, 0.717) is 12.2 Å². The third-order valence-corrected chi connectivity index (χ3v) is 6.61. The van der Waals surface area contributed by atoms with Gasteiger partial charge in [0.15, 0.2) is 5.16 Å². The molecule has 0 bridgehead atoms. The van der Waals surface area contributed by atoms with E-state index < -0.39 is 5.41 Å². The molecule has 1 aromatic heterocycles. The Morgan fingerprint density at radius 1 is 1.13 bits per heavy atom. The lowest BCUT2D eigenvalue weighted by molar-refractivity contribution is -0.156. The summed E-state index contributed by atoms with van der Waals surface area (Å²) < 4.78 is 7.42. The molecule has 0 atom stereocenters. The van der Waals surface area contributed by atoms with Crippen molar-refractivity contribution >= 4 is 17.7 Å². The van der Waals surface area contributed by atoms with Crippen molar-refractivity contribution in [2.75, 3.05) is 12.4 Å². The Morgan fingerprint density at radius 3 is 2.47 bits per heavy atom. The number of aromatic nitrogens is 2. The van der Waals surface area contributed by atoms with Crippen molar-refractivity contribution in [2.24, 2.45) is 11.3 Å². The second-order valence-electron chi connectivity index (χ2n) is 8.49. The van der Waals surface area contributed by atoms with Crippen molar-refractivity contribution in [1.82, 2.24) is 9.55 Å². The van der Waals surface area contributed by atoms with Crippen molar-refractivity contribution in [3.63, 3.8) is 0 Å². The van der Waals surface area contributed by atoms with E-state index in [1.54, 1.807) is 18.7 Å². The SMILES string of the molecule is Cc1cn(-c2ccccc2)c(SCCCCCCOC(=O)C(C)(C)C(C)C)nc1=O. The highest BCUT2D eigenvalue weighted by molar-refractivity contribution is 7.99. The summed E-state index contributed by atoms with van der Waals surface area (Å²) >= 11 is 1.61. The molecule has 0 amide bonds. The van der Waals surface area contributed by atoms with Crippen LogP contribution >= 0.6 is 11.8 Å². The van der Waals surface area contributed by atoms with Crippen LogP contribution in [0.25, 0.3) is 5.69 Å². The monoisotopic (exact) mass is 430 g/mol. The van der Waals surface area contributed by atoms with Gasteiger partial charge in [0.2, 0.25) is 0 Å². The first kappa shape index (κ1) is 24.2. The molecule has 164 valence electrons. The molecule has 0 N–H and O–H groups in total. The summed E-state index contributed by atoms with van der Waals surface area (Å²) in [6.45, 7) is 10.2. The van der Waals surface area contributed by atoms with Gasteiger partial charge in [0.05, 0.1) is 12.0 Å². The topological polar surface area (TPSA) is 61.2 Å². The Morgan fingerprint density at radius 2 is 1.80 bits per heavy atom. The van der Waals surface area contributed by atoms with Crippen molar-refractivity contribution in [3.05, 3.63) is 52.4 Å². The number of unbranched alkanes of at least 4 members (excludes halogenated alkanes) is 3. The van der Waals surface area contributed by atoms with E-state index in [1.807, 2.05) is 68.8 Å². The summed E-state index contributed by atoms with van der Waals surface area (Å²) in [6, 6.07) is 9.95.